The molecule has 0 spiro atoms. The van der Waals surface area contributed by atoms with Crippen LogP contribution in [0.2, 0.25) is 0 Å². The Morgan fingerprint density at radius 3 is 2.89 bits per heavy atom. The molecule has 1 aromatic heterocycles. The Bertz CT molecular complexity index is 578. The van der Waals surface area contributed by atoms with E-state index in [1.54, 1.807) is 11.8 Å². The Labute approximate surface area is 114 Å². The highest BCUT2D eigenvalue weighted by molar-refractivity contribution is 7.98. The highest BCUT2D eigenvalue weighted by Gasteiger charge is 2.12. The lowest BCUT2D eigenvalue weighted by molar-refractivity contribution is 0.0701. The summed E-state index contributed by atoms with van der Waals surface area (Å²) in [6.45, 7) is 2.00. The Kier molecular flexibility index (Phi) is 3.93. The van der Waals surface area contributed by atoms with Gasteiger partial charge in [-0.2, -0.15) is 0 Å². The fourth-order valence-corrected chi connectivity index (χ4v) is 3.48. The second-order valence-electron chi connectivity index (χ2n) is 3.89. The van der Waals surface area contributed by atoms with Crippen LogP contribution >= 0.6 is 23.1 Å². The van der Waals surface area contributed by atoms with Gasteiger partial charge in [0, 0.05) is 16.3 Å². The molecule has 0 aliphatic rings. The summed E-state index contributed by atoms with van der Waals surface area (Å²) in [5.74, 6) is -0.190. The number of anilines is 1. The van der Waals surface area contributed by atoms with Crippen LogP contribution in [0.5, 0.6) is 0 Å². The highest BCUT2D eigenvalue weighted by Crippen LogP contribution is 2.29. The first-order chi connectivity index (χ1) is 8.58. The number of aryl methyl sites for hydroxylation is 1. The van der Waals surface area contributed by atoms with Gasteiger partial charge >= 0.3 is 5.97 Å². The van der Waals surface area contributed by atoms with Gasteiger partial charge < -0.3 is 10.8 Å². The number of nitrogens with two attached hydrogens (primary N) is 1. The number of nitrogen functional groups attached to an aromatic ring is 1. The van der Waals surface area contributed by atoms with Gasteiger partial charge in [0.05, 0.1) is 0 Å². The predicted octanol–water partition coefficient (Wildman–Crippen LogP) is 3.63. The average Bonchev–Trinajstić information content (AvgIpc) is 2.76. The van der Waals surface area contributed by atoms with E-state index < -0.39 is 5.97 Å². The van der Waals surface area contributed by atoms with E-state index in [1.165, 1.54) is 11.3 Å². The van der Waals surface area contributed by atoms with Crippen LogP contribution in [0.3, 0.4) is 0 Å². The molecule has 3 nitrogen and oxygen atoms in total. The number of carboxylic acids is 1. The van der Waals surface area contributed by atoms with Crippen molar-refractivity contribution in [2.75, 3.05) is 5.73 Å². The van der Waals surface area contributed by atoms with Gasteiger partial charge in [-0.05, 0) is 47.7 Å². The van der Waals surface area contributed by atoms with Gasteiger partial charge in [0.25, 0.3) is 0 Å². The smallest absolute Gasteiger partial charge is 0.346 e. The third kappa shape index (κ3) is 2.86. The van der Waals surface area contributed by atoms with Crippen LogP contribution in [-0.2, 0) is 5.75 Å². The third-order valence-corrected chi connectivity index (χ3v) is 4.69. The van der Waals surface area contributed by atoms with Crippen LogP contribution in [0.15, 0.2) is 34.5 Å². The van der Waals surface area contributed by atoms with Gasteiger partial charge in [-0.25, -0.2) is 4.79 Å². The molecule has 1 aromatic carbocycles. The number of rotatable bonds is 4. The first kappa shape index (κ1) is 13.0. The van der Waals surface area contributed by atoms with Crippen LogP contribution in [0, 0.1) is 6.92 Å². The number of carbonyl (C=O) groups is 1. The molecule has 2 rings (SSSR count). The molecule has 0 bridgehead atoms. The minimum Gasteiger partial charge on any atom is -0.477 e. The standard InChI is InChI=1S/C13H13NO2S2/c1-8-6-10(14)2-3-11(8)18-7-9-4-5-17-12(9)13(15)16/h2-6H,7,14H2,1H3,(H,15,16). The highest BCUT2D eigenvalue weighted by atomic mass is 32.2. The number of aromatic carboxylic acids is 1. The van der Waals surface area contributed by atoms with E-state index in [4.69, 9.17) is 10.8 Å². The lowest BCUT2D eigenvalue weighted by Gasteiger charge is -2.06. The zero-order valence-electron chi connectivity index (χ0n) is 9.84. The number of thioether (sulfide) groups is 1. The predicted molar refractivity (Wildman–Crippen MR) is 76.4 cm³/mol. The van der Waals surface area contributed by atoms with E-state index >= 15 is 0 Å². The normalized spacial score (nSPS) is 10.5. The Hall–Kier alpha value is -1.46. The van der Waals surface area contributed by atoms with Gasteiger partial charge in [-0.3, -0.25) is 0 Å². The summed E-state index contributed by atoms with van der Waals surface area (Å²) in [7, 11) is 0. The van der Waals surface area contributed by atoms with E-state index in [9.17, 15) is 4.79 Å². The summed E-state index contributed by atoms with van der Waals surface area (Å²) in [4.78, 5) is 12.5. The molecule has 0 fully saturated rings. The molecular formula is C13H13NO2S2. The Morgan fingerprint density at radius 1 is 1.44 bits per heavy atom. The molecule has 0 amide bonds. The van der Waals surface area contributed by atoms with Crippen molar-refractivity contribution in [3.8, 4) is 0 Å². The van der Waals surface area contributed by atoms with E-state index in [-0.39, 0.29) is 0 Å². The van der Waals surface area contributed by atoms with Gasteiger partial charge in [-0.1, -0.05) is 0 Å². The summed E-state index contributed by atoms with van der Waals surface area (Å²) in [5.41, 5.74) is 8.43. The lowest BCUT2D eigenvalue weighted by atomic mass is 10.2. The van der Waals surface area contributed by atoms with Gasteiger partial charge in [0.15, 0.2) is 0 Å². The summed E-state index contributed by atoms with van der Waals surface area (Å²) in [6.07, 6.45) is 0. The molecule has 0 unspecified atom stereocenters. The quantitative estimate of drug-likeness (QED) is 0.662. The molecule has 1 heterocycles. The van der Waals surface area contributed by atoms with E-state index in [2.05, 4.69) is 0 Å². The second-order valence-corrected chi connectivity index (χ2v) is 5.83. The summed E-state index contributed by atoms with van der Waals surface area (Å²) in [6, 6.07) is 7.63. The molecular weight excluding hydrogens is 266 g/mol. The molecule has 18 heavy (non-hydrogen) atoms. The number of hydrogen-bond donors (Lipinski definition) is 2. The minimum atomic E-state index is -0.852. The molecule has 0 atom stereocenters. The van der Waals surface area contributed by atoms with Crippen LogP contribution in [0.1, 0.15) is 20.8 Å². The van der Waals surface area contributed by atoms with Gasteiger partial charge in [-0.15, -0.1) is 23.1 Å². The van der Waals surface area contributed by atoms with Crippen molar-refractivity contribution in [3.05, 3.63) is 45.6 Å². The monoisotopic (exact) mass is 279 g/mol. The molecule has 0 saturated carbocycles. The van der Waals surface area contributed by atoms with E-state index in [0.717, 1.165) is 21.7 Å². The molecule has 5 heteroatoms. The van der Waals surface area contributed by atoms with Gasteiger partial charge in [0.2, 0.25) is 0 Å². The number of carboxylic acid groups (broad SMARTS) is 1. The summed E-state index contributed by atoms with van der Waals surface area (Å²) in [5, 5.41) is 10.8. The fourth-order valence-electron chi connectivity index (χ4n) is 1.63. The fraction of sp³-hybridized carbons (Fsp3) is 0.154. The van der Waals surface area contributed by atoms with E-state index in [1.807, 2.05) is 36.6 Å². The van der Waals surface area contributed by atoms with Crippen molar-refractivity contribution in [3.63, 3.8) is 0 Å². The zero-order chi connectivity index (χ0) is 13.1. The van der Waals surface area contributed by atoms with Gasteiger partial charge in [0.1, 0.15) is 4.88 Å². The molecule has 0 radical (unpaired) electrons. The maximum atomic E-state index is 11.0. The van der Waals surface area contributed by atoms with E-state index in [0.29, 0.717) is 10.6 Å². The maximum Gasteiger partial charge on any atom is 0.346 e. The molecule has 3 N–H and O–H groups in total. The van der Waals surface area contributed by atoms with Crippen LogP contribution in [0.25, 0.3) is 0 Å². The first-order valence-corrected chi connectivity index (χ1v) is 7.23. The second kappa shape index (κ2) is 5.46. The molecule has 94 valence electrons. The molecule has 2 aromatic rings. The largest absolute Gasteiger partial charge is 0.477 e. The average molecular weight is 279 g/mol. The summed E-state index contributed by atoms with van der Waals surface area (Å²) >= 11 is 2.90. The summed E-state index contributed by atoms with van der Waals surface area (Å²) < 4.78 is 0. The van der Waals surface area contributed by atoms with Crippen molar-refractivity contribution < 1.29 is 9.90 Å². The maximum absolute atomic E-state index is 11.0. The van der Waals surface area contributed by atoms with Crippen LogP contribution in [0.4, 0.5) is 5.69 Å². The molecule has 0 saturated heterocycles. The topological polar surface area (TPSA) is 63.3 Å². The molecule has 0 aliphatic carbocycles. The SMILES string of the molecule is Cc1cc(N)ccc1SCc1ccsc1C(=O)O. The lowest BCUT2D eigenvalue weighted by Crippen LogP contribution is -1.96. The minimum absolute atomic E-state index is 0.426. The Balaban J connectivity index is 2.11. The molecule has 0 aliphatic heterocycles. The Morgan fingerprint density at radius 2 is 2.22 bits per heavy atom. The number of thiophene rings is 1. The van der Waals surface area contributed by atoms with Crippen molar-refractivity contribution >= 4 is 34.8 Å². The van der Waals surface area contributed by atoms with Crippen LogP contribution < -0.4 is 5.73 Å². The van der Waals surface area contributed by atoms with Crippen LogP contribution in [-0.4, -0.2) is 11.1 Å². The zero-order valence-corrected chi connectivity index (χ0v) is 11.5. The van der Waals surface area contributed by atoms with Crippen molar-refractivity contribution in [1.29, 1.82) is 0 Å². The van der Waals surface area contributed by atoms with Crippen molar-refractivity contribution in [1.82, 2.24) is 0 Å². The van der Waals surface area contributed by atoms with Crippen molar-refractivity contribution in [2.45, 2.75) is 17.6 Å². The third-order valence-electron chi connectivity index (χ3n) is 2.52. The van der Waals surface area contributed by atoms with Crippen molar-refractivity contribution in [2.24, 2.45) is 0 Å². The number of benzene rings is 1. The first-order valence-electron chi connectivity index (χ1n) is 5.36. The number of hydrogen-bond acceptors (Lipinski definition) is 4.